The van der Waals surface area contributed by atoms with E-state index >= 15 is 0 Å². The lowest BCUT2D eigenvalue weighted by Gasteiger charge is -2.09. The fourth-order valence-electron chi connectivity index (χ4n) is 1.81. The van der Waals surface area contributed by atoms with Crippen molar-refractivity contribution in [3.8, 4) is 11.6 Å². The van der Waals surface area contributed by atoms with Gasteiger partial charge in [-0.15, -0.1) is 0 Å². The zero-order chi connectivity index (χ0) is 15.1. The Kier molecular flexibility index (Phi) is 5.34. The van der Waals surface area contributed by atoms with Crippen LogP contribution in [0.15, 0.2) is 30.3 Å². The van der Waals surface area contributed by atoms with Crippen molar-refractivity contribution in [3.05, 3.63) is 35.9 Å². The third kappa shape index (κ3) is 4.61. The van der Waals surface area contributed by atoms with Gasteiger partial charge in [0.05, 0.1) is 0 Å². The van der Waals surface area contributed by atoms with Crippen LogP contribution in [0.1, 0.15) is 18.9 Å². The van der Waals surface area contributed by atoms with Gasteiger partial charge in [-0.2, -0.15) is 9.97 Å². The smallest absolute Gasteiger partial charge is 0.226 e. The van der Waals surface area contributed by atoms with Gasteiger partial charge in [0.2, 0.25) is 11.8 Å². The highest BCUT2D eigenvalue weighted by atomic mass is 16.5. The Bertz CT molecular complexity index is 572. The van der Waals surface area contributed by atoms with E-state index in [0.29, 0.717) is 23.9 Å². The van der Waals surface area contributed by atoms with Gasteiger partial charge in [0.25, 0.3) is 0 Å². The molecule has 0 saturated heterocycles. The number of aliphatic hydroxyl groups excluding tert-OH is 1. The molecule has 0 spiro atoms. The summed E-state index contributed by atoms with van der Waals surface area (Å²) in [6, 6.07) is 9.21. The summed E-state index contributed by atoms with van der Waals surface area (Å²) in [4.78, 5) is 8.16. The predicted octanol–water partition coefficient (Wildman–Crippen LogP) is 2.21. The minimum Gasteiger partial charge on any atom is -0.439 e. The zero-order valence-electron chi connectivity index (χ0n) is 12.0. The van der Waals surface area contributed by atoms with Crippen LogP contribution in [-0.2, 0) is 6.42 Å². The molecule has 6 nitrogen and oxygen atoms in total. The molecule has 0 saturated carbocycles. The van der Waals surface area contributed by atoms with E-state index in [1.807, 2.05) is 24.3 Å². The van der Waals surface area contributed by atoms with Gasteiger partial charge >= 0.3 is 0 Å². The molecular formula is C15H20N4O2. The van der Waals surface area contributed by atoms with E-state index < -0.39 is 0 Å². The summed E-state index contributed by atoms with van der Waals surface area (Å²) in [5.41, 5.74) is 6.73. The van der Waals surface area contributed by atoms with Crippen LogP contribution in [0.25, 0.3) is 0 Å². The Morgan fingerprint density at radius 2 is 2.00 bits per heavy atom. The second kappa shape index (κ2) is 7.44. The molecule has 0 aliphatic carbocycles. The highest BCUT2D eigenvalue weighted by molar-refractivity contribution is 5.44. The molecule has 2 aromatic rings. The number of ether oxygens (including phenoxy) is 1. The summed E-state index contributed by atoms with van der Waals surface area (Å²) in [6.45, 7) is 3.02. The third-order valence-electron chi connectivity index (χ3n) is 2.82. The first-order valence-electron chi connectivity index (χ1n) is 6.97. The minimum absolute atomic E-state index is 0.134. The summed E-state index contributed by atoms with van der Waals surface area (Å²) in [7, 11) is 0. The molecule has 0 fully saturated rings. The molecule has 0 amide bonds. The molecule has 2 rings (SSSR count). The number of nitrogens with zero attached hydrogens (tertiary/aromatic N) is 2. The number of nitrogens with two attached hydrogens (primary N) is 1. The van der Waals surface area contributed by atoms with E-state index in [4.69, 9.17) is 15.6 Å². The van der Waals surface area contributed by atoms with Gasteiger partial charge in [-0.3, -0.25) is 0 Å². The molecular weight excluding hydrogens is 268 g/mol. The van der Waals surface area contributed by atoms with Gasteiger partial charge in [0, 0.05) is 19.2 Å². The Balaban J connectivity index is 2.09. The first-order chi connectivity index (χ1) is 10.2. The average molecular weight is 288 g/mol. The maximum absolute atomic E-state index is 8.89. The Hall–Kier alpha value is -2.34. The summed E-state index contributed by atoms with van der Waals surface area (Å²) in [6.07, 6.45) is 1.62. The standard InChI is InChI=1S/C15H20N4O2/c1-2-8-17-13-10-14(19-15(16)18-13)21-12-5-3-11(4-6-12)7-9-20/h3-6,10,20H,2,7-9H2,1H3,(H3,16,17,18,19). The molecule has 0 aliphatic heterocycles. The lowest BCUT2D eigenvalue weighted by molar-refractivity contribution is 0.299. The summed E-state index contributed by atoms with van der Waals surface area (Å²) in [5, 5.41) is 12.0. The Labute approximate surface area is 124 Å². The number of aliphatic hydroxyl groups is 1. The molecule has 21 heavy (non-hydrogen) atoms. The van der Waals surface area contributed by atoms with Crippen molar-refractivity contribution < 1.29 is 9.84 Å². The molecule has 4 N–H and O–H groups in total. The van der Waals surface area contributed by atoms with Crippen molar-refractivity contribution in [2.24, 2.45) is 0 Å². The van der Waals surface area contributed by atoms with Crippen molar-refractivity contribution in [1.29, 1.82) is 0 Å². The second-order valence-corrected chi connectivity index (χ2v) is 4.60. The van der Waals surface area contributed by atoms with Crippen LogP contribution in [0.2, 0.25) is 0 Å². The third-order valence-corrected chi connectivity index (χ3v) is 2.82. The summed E-state index contributed by atoms with van der Waals surface area (Å²) >= 11 is 0. The zero-order valence-corrected chi connectivity index (χ0v) is 12.0. The normalized spacial score (nSPS) is 10.4. The van der Waals surface area contributed by atoms with Crippen LogP contribution in [0, 0.1) is 0 Å². The number of nitrogen functional groups attached to an aromatic ring is 1. The topological polar surface area (TPSA) is 93.3 Å². The number of anilines is 2. The first kappa shape index (κ1) is 15.1. The molecule has 6 heteroatoms. The molecule has 1 heterocycles. The van der Waals surface area contributed by atoms with E-state index in [1.165, 1.54) is 0 Å². The fourth-order valence-corrected chi connectivity index (χ4v) is 1.81. The molecule has 0 radical (unpaired) electrons. The molecule has 112 valence electrons. The van der Waals surface area contributed by atoms with Crippen LogP contribution in [0.5, 0.6) is 11.6 Å². The first-order valence-corrected chi connectivity index (χ1v) is 6.97. The largest absolute Gasteiger partial charge is 0.439 e. The van der Waals surface area contributed by atoms with Crippen molar-refractivity contribution in [2.75, 3.05) is 24.2 Å². The van der Waals surface area contributed by atoms with E-state index in [1.54, 1.807) is 6.07 Å². The maximum Gasteiger partial charge on any atom is 0.226 e. The van der Waals surface area contributed by atoms with Crippen LogP contribution in [0.3, 0.4) is 0 Å². The van der Waals surface area contributed by atoms with Gasteiger partial charge in [-0.05, 0) is 30.5 Å². The molecule has 0 aliphatic rings. The van der Waals surface area contributed by atoms with Crippen molar-refractivity contribution in [1.82, 2.24) is 9.97 Å². The van der Waals surface area contributed by atoms with E-state index in [0.717, 1.165) is 18.5 Å². The number of hydrogen-bond acceptors (Lipinski definition) is 6. The SMILES string of the molecule is CCCNc1cc(Oc2ccc(CCO)cc2)nc(N)n1. The lowest BCUT2D eigenvalue weighted by atomic mass is 10.1. The molecule has 0 atom stereocenters. The van der Waals surface area contributed by atoms with E-state index in [9.17, 15) is 0 Å². The van der Waals surface area contributed by atoms with Crippen LogP contribution in [0.4, 0.5) is 11.8 Å². The monoisotopic (exact) mass is 288 g/mol. The number of nitrogens with one attached hydrogen (secondary N) is 1. The number of rotatable bonds is 7. The van der Waals surface area contributed by atoms with Gasteiger partial charge in [0.1, 0.15) is 11.6 Å². The lowest BCUT2D eigenvalue weighted by Crippen LogP contribution is -2.05. The van der Waals surface area contributed by atoms with Crippen LogP contribution < -0.4 is 15.8 Å². The quantitative estimate of drug-likeness (QED) is 0.723. The fraction of sp³-hybridized carbons (Fsp3) is 0.333. The molecule has 0 unspecified atom stereocenters. The number of aromatic nitrogens is 2. The van der Waals surface area contributed by atoms with Gasteiger partial charge in [0.15, 0.2) is 0 Å². The molecule has 1 aromatic heterocycles. The Morgan fingerprint density at radius 3 is 2.67 bits per heavy atom. The van der Waals surface area contributed by atoms with Crippen molar-refractivity contribution in [3.63, 3.8) is 0 Å². The average Bonchev–Trinajstić information content (AvgIpc) is 2.47. The van der Waals surface area contributed by atoms with Crippen molar-refractivity contribution >= 4 is 11.8 Å². The van der Waals surface area contributed by atoms with Gasteiger partial charge < -0.3 is 20.9 Å². The highest BCUT2D eigenvalue weighted by Gasteiger charge is 2.04. The predicted molar refractivity (Wildman–Crippen MR) is 82.5 cm³/mol. The highest BCUT2D eigenvalue weighted by Crippen LogP contribution is 2.22. The van der Waals surface area contributed by atoms with E-state index in [2.05, 4.69) is 22.2 Å². The van der Waals surface area contributed by atoms with Crippen LogP contribution >= 0.6 is 0 Å². The van der Waals surface area contributed by atoms with E-state index in [-0.39, 0.29) is 12.6 Å². The minimum atomic E-state index is 0.134. The second-order valence-electron chi connectivity index (χ2n) is 4.60. The number of benzene rings is 1. The summed E-state index contributed by atoms with van der Waals surface area (Å²) in [5.74, 6) is 1.88. The number of hydrogen-bond donors (Lipinski definition) is 3. The van der Waals surface area contributed by atoms with Gasteiger partial charge in [-0.1, -0.05) is 19.1 Å². The van der Waals surface area contributed by atoms with Crippen molar-refractivity contribution in [2.45, 2.75) is 19.8 Å². The Morgan fingerprint density at radius 1 is 1.24 bits per heavy atom. The molecule has 1 aromatic carbocycles. The van der Waals surface area contributed by atoms with Gasteiger partial charge in [-0.25, -0.2) is 0 Å². The summed E-state index contributed by atoms with van der Waals surface area (Å²) < 4.78 is 5.68. The molecule has 0 bridgehead atoms. The van der Waals surface area contributed by atoms with Crippen LogP contribution in [-0.4, -0.2) is 28.2 Å². The maximum atomic E-state index is 8.89.